The van der Waals surface area contributed by atoms with E-state index in [0.29, 0.717) is 8.95 Å². The molecule has 0 saturated carbocycles. The molecule has 0 aromatic heterocycles. The molecular weight excluding hydrogens is 644 g/mol. The fourth-order valence-electron chi connectivity index (χ4n) is 3.22. The summed E-state index contributed by atoms with van der Waals surface area (Å²) in [5.74, 6) is -7.57. The first-order valence-electron chi connectivity index (χ1n) is 10.4. The van der Waals surface area contributed by atoms with Crippen LogP contribution in [0.25, 0.3) is 0 Å². The van der Waals surface area contributed by atoms with E-state index in [-0.39, 0.29) is 11.5 Å². The molecule has 2 atom stereocenters. The summed E-state index contributed by atoms with van der Waals surface area (Å²) in [6, 6.07) is 7.81. The Morgan fingerprint density at radius 1 is 0.632 bits per heavy atom. The van der Waals surface area contributed by atoms with Crippen molar-refractivity contribution in [2.45, 2.75) is 12.5 Å². The molecule has 2 rings (SSSR count). The number of aromatic hydroxyl groups is 2. The number of halogens is 2. The zero-order valence-corrected chi connectivity index (χ0v) is 22.4. The predicted octanol–water partition coefficient (Wildman–Crippen LogP) is 1.68. The highest BCUT2D eigenvalue weighted by atomic mass is 79.9. The van der Waals surface area contributed by atoms with Gasteiger partial charge in [-0.1, -0.05) is 31.9 Å². The third-order valence-corrected chi connectivity index (χ3v) is 5.64. The van der Waals surface area contributed by atoms with Crippen molar-refractivity contribution in [1.82, 2.24) is 9.80 Å². The molecule has 0 spiro atoms. The summed E-state index contributed by atoms with van der Waals surface area (Å²) in [5.41, 5.74) is 0. The van der Waals surface area contributed by atoms with Gasteiger partial charge in [0.1, 0.15) is 26.2 Å². The Hall–Kier alpha value is -3.60. The lowest BCUT2D eigenvalue weighted by Gasteiger charge is -2.39. The molecule has 14 nitrogen and oxygen atoms in total. The second kappa shape index (κ2) is 13.8. The highest BCUT2D eigenvalue weighted by Crippen LogP contribution is 2.34. The second-order valence-corrected chi connectivity index (χ2v) is 9.46. The summed E-state index contributed by atoms with van der Waals surface area (Å²) in [6.07, 6.45) is -3.72. The highest BCUT2D eigenvalue weighted by Gasteiger charge is 2.40. The van der Waals surface area contributed by atoms with Gasteiger partial charge in [0.25, 0.3) is 0 Å². The maximum absolute atomic E-state index is 11.6. The van der Waals surface area contributed by atoms with Crippen molar-refractivity contribution in [3.8, 4) is 23.0 Å². The number of phenols is 2. The number of nitrogens with zero attached hydrogens (tertiary/aromatic N) is 2. The van der Waals surface area contributed by atoms with Crippen LogP contribution in [0.15, 0.2) is 45.3 Å². The normalized spacial score (nSPS) is 12.6. The summed E-state index contributed by atoms with van der Waals surface area (Å²) in [4.78, 5) is 48.0. The van der Waals surface area contributed by atoms with E-state index in [1.807, 2.05) is 0 Å². The number of ether oxygens (including phenoxy) is 2. The van der Waals surface area contributed by atoms with Crippen LogP contribution in [-0.4, -0.2) is 103 Å². The lowest BCUT2D eigenvalue weighted by Crippen LogP contribution is -2.60. The van der Waals surface area contributed by atoms with Gasteiger partial charge in [-0.05, 0) is 36.4 Å². The van der Waals surface area contributed by atoms with Crippen LogP contribution < -0.4 is 9.47 Å². The van der Waals surface area contributed by atoms with Gasteiger partial charge in [0.15, 0.2) is 23.0 Å². The molecular formula is C22H22Br2N2O12. The van der Waals surface area contributed by atoms with Crippen LogP contribution in [0.3, 0.4) is 0 Å². The summed E-state index contributed by atoms with van der Waals surface area (Å²) in [5, 5.41) is 58.5. The highest BCUT2D eigenvalue weighted by molar-refractivity contribution is 9.10. The van der Waals surface area contributed by atoms with Crippen molar-refractivity contribution in [2.24, 2.45) is 0 Å². The van der Waals surface area contributed by atoms with Crippen LogP contribution >= 0.6 is 31.9 Å². The Balaban J connectivity index is 2.77. The number of phenolic OH excluding ortho intramolecular Hbond substituents is 2. The van der Waals surface area contributed by atoms with E-state index < -0.39 is 74.0 Å². The van der Waals surface area contributed by atoms with Crippen molar-refractivity contribution in [3.63, 3.8) is 0 Å². The van der Waals surface area contributed by atoms with Crippen LogP contribution in [0, 0.1) is 0 Å². The van der Waals surface area contributed by atoms with E-state index in [0.717, 1.165) is 9.80 Å². The van der Waals surface area contributed by atoms with Gasteiger partial charge < -0.3 is 40.1 Å². The second-order valence-electron chi connectivity index (χ2n) is 7.63. The fourth-order valence-corrected chi connectivity index (χ4v) is 3.90. The maximum atomic E-state index is 11.6. The van der Waals surface area contributed by atoms with E-state index in [4.69, 9.17) is 9.47 Å². The van der Waals surface area contributed by atoms with Crippen LogP contribution in [0.2, 0.25) is 0 Å². The average Bonchev–Trinajstić information content (AvgIpc) is 2.78. The first kappa shape index (κ1) is 30.6. The van der Waals surface area contributed by atoms with E-state index in [9.17, 15) is 49.8 Å². The molecule has 0 aliphatic carbocycles. The largest absolute Gasteiger partial charge is 0.504 e. The molecule has 2 aromatic carbocycles. The van der Waals surface area contributed by atoms with Gasteiger partial charge in [0.05, 0.1) is 0 Å². The molecule has 0 heterocycles. The Morgan fingerprint density at radius 3 is 1.18 bits per heavy atom. The topological polar surface area (TPSA) is 215 Å². The fraction of sp³-hybridized carbons (Fsp3) is 0.273. The number of rotatable bonds is 15. The maximum Gasteiger partial charge on any atom is 0.317 e. The smallest absolute Gasteiger partial charge is 0.317 e. The number of hydrogen-bond acceptors (Lipinski definition) is 10. The first-order valence-corrected chi connectivity index (χ1v) is 12.0. The molecule has 2 unspecified atom stereocenters. The minimum Gasteiger partial charge on any atom is -0.504 e. The monoisotopic (exact) mass is 664 g/mol. The number of benzene rings is 2. The lowest BCUT2D eigenvalue weighted by molar-refractivity contribution is -0.167. The zero-order chi connectivity index (χ0) is 28.6. The zero-order valence-electron chi connectivity index (χ0n) is 19.2. The predicted molar refractivity (Wildman–Crippen MR) is 134 cm³/mol. The van der Waals surface area contributed by atoms with Crippen LogP contribution in [-0.2, 0) is 19.2 Å². The molecule has 0 radical (unpaired) electrons. The molecule has 0 bridgehead atoms. The van der Waals surface area contributed by atoms with Crippen LogP contribution in [0.5, 0.6) is 23.0 Å². The number of carbonyl (C=O) groups is 4. The van der Waals surface area contributed by atoms with E-state index in [2.05, 4.69) is 31.9 Å². The summed E-state index contributed by atoms with van der Waals surface area (Å²) in [6.45, 7) is -3.93. The molecule has 206 valence electrons. The molecule has 38 heavy (non-hydrogen) atoms. The summed E-state index contributed by atoms with van der Waals surface area (Å²) in [7, 11) is 0. The van der Waals surface area contributed by atoms with Crippen molar-refractivity contribution in [3.05, 3.63) is 45.3 Å². The van der Waals surface area contributed by atoms with Crippen molar-refractivity contribution >= 4 is 55.7 Å². The molecule has 2 aromatic rings. The molecule has 0 aliphatic heterocycles. The SMILES string of the molecule is O=C(O)CN(CC(=O)O)C(Oc1cc(Br)ccc1O)C(Oc1cc(Br)ccc1O)N(CC(=O)O)CC(=O)O. The quantitative estimate of drug-likeness (QED) is 0.149. The minimum atomic E-state index is -1.86. The van der Waals surface area contributed by atoms with Crippen LogP contribution in [0.1, 0.15) is 0 Å². The van der Waals surface area contributed by atoms with Gasteiger partial charge in [0, 0.05) is 8.95 Å². The molecule has 0 amide bonds. The molecule has 6 N–H and O–H groups in total. The average molecular weight is 666 g/mol. The number of hydrogen-bond donors (Lipinski definition) is 6. The molecule has 0 aliphatic rings. The van der Waals surface area contributed by atoms with E-state index in [1.54, 1.807) is 0 Å². The van der Waals surface area contributed by atoms with Crippen molar-refractivity contribution < 1.29 is 59.3 Å². The molecule has 0 fully saturated rings. The minimum absolute atomic E-state index is 0.303. The van der Waals surface area contributed by atoms with Gasteiger partial charge in [-0.3, -0.25) is 19.2 Å². The van der Waals surface area contributed by atoms with Crippen molar-refractivity contribution in [2.75, 3.05) is 26.2 Å². The van der Waals surface area contributed by atoms with Gasteiger partial charge >= 0.3 is 23.9 Å². The lowest BCUT2D eigenvalue weighted by atomic mass is 10.2. The number of aliphatic carboxylic acids is 4. The third-order valence-electron chi connectivity index (χ3n) is 4.66. The summed E-state index contributed by atoms with van der Waals surface area (Å²) < 4.78 is 12.4. The molecule has 0 saturated heterocycles. The van der Waals surface area contributed by atoms with Gasteiger partial charge in [0.2, 0.25) is 12.5 Å². The van der Waals surface area contributed by atoms with Crippen molar-refractivity contribution in [1.29, 1.82) is 0 Å². The number of carboxylic acids is 4. The first-order chi connectivity index (χ1) is 17.8. The van der Waals surface area contributed by atoms with Crippen LogP contribution in [0.4, 0.5) is 0 Å². The Labute approximate surface area is 231 Å². The van der Waals surface area contributed by atoms with Gasteiger partial charge in [-0.2, -0.15) is 0 Å². The van der Waals surface area contributed by atoms with Gasteiger partial charge in [-0.25, -0.2) is 9.80 Å². The molecule has 16 heteroatoms. The number of carboxylic acid groups (broad SMARTS) is 4. The third kappa shape index (κ3) is 9.37. The Bertz CT molecular complexity index is 1070. The Morgan fingerprint density at radius 2 is 0.921 bits per heavy atom. The van der Waals surface area contributed by atoms with E-state index in [1.165, 1.54) is 36.4 Å². The van der Waals surface area contributed by atoms with E-state index >= 15 is 0 Å². The Kier molecular flexibility index (Phi) is 11.1. The standard InChI is InChI=1S/C22H22Br2N2O12/c23-11-1-3-13(27)15(5-11)37-21(25(7-17(29)30)8-18(31)32)22(26(9-19(33)34)10-20(35)36)38-16-6-12(24)2-4-14(16)28/h1-6,21-22,27-28H,7-10H2,(H,29,30)(H,31,32)(H,33,34)(H,35,36). The summed E-state index contributed by atoms with van der Waals surface area (Å²) >= 11 is 6.36. The van der Waals surface area contributed by atoms with Gasteiger partial charge in [-0.15, -0.1) is 0 Å².